The lowest BCUT2D eigenvalue weighted by molar-refractivity contribution is 1.04. The standard InChI is InChI=1S/C17H17N3/c1-11-5-4-6-12(2)17(11)14-7-8-15(18-10-14)16-9-13(3)19-20-16/h4-10H,1-3H3,(H,19,20). The average Bonchev–Trinajstić information content (AvgIpc) is 2.86. The van der Waals surface area contributed by atoms with Gasteiger partial charge in [0.25, 0.3) is 0 Å². The summed E-state index contributed by atoms with van der Waals surface area (Å²) in [5.74, 6) is 0. The molecule has 0 spiro atoms. The second-order valence-electron chi connectivity index (χ2n) is 5.14. The summed E-state index contributed by atoms with van der Waals surface area (Å²) >= 11 is 0. The minimum Gasteiger partial charge on any atom is -0.282 e. The van der Waals surface area contributed by atoms with E-state index in [-0.39, 0.29) is 0 Å². The molecule has 1 N–H and O–H groups in total. The molecular formula is C17H17N3. The summed E-state index contributed by atoms with van der Waals surface area (Å²) in [6.45, 7) is 6.25. The molecule has 100 valence electrons. The van der Waals surface area contributed by atoms with Gasteiger partial charge < -0.3 is 0 Å². The van der Waals surface area contributed by atoms with Crippen LogP contribution in [0.25, 0.3) is 22.5 Å². The van der Waals surface area contributed by atoms with Crippen LogP contribution in [-0.4, -0.2) is 15.2 Å². The van der Waals surface area contributed by atoms with E-state index in [0.717, 1.165) is 22.6 Å². The molecule has 2 aromatic heterocycles. The number of nitrogens with one attached hydrogen (secondary N) is 1. The predicted molar refractivity (Wildman–Crippen MR) is 81.5 cm³/mol. The van der Waals surface area contributed by atoms with Gasteiger partial charge in [-0.15, -0.1) is 0 Å². The van der Waals surface area contributed by atoms with Crippen LogP contribution in [0.1, 0.15) is 16.8 Å². The lowest BCUT2D eigenvalue weighted by Gasteiger charge is -2.09. The smallest absolute Gasteiger partial charge is 0.111 e. The van der Waals surface area contributed by atoms with Gasteiger partial charge in [-0.05, 0) is 49.6 Å². The van der Waals surface area contributed by atoms with Crippen molar-refractivity contribution >= 4 is 0 Å². The number of aromatic nitrogens is 3. The van der Waals surface area contributed by atoms with E-state index in [1.165, 1.54) is 16.7 Å². The van der Waals surface area contributed by atoms with Gasteiger partial charge in [0, 0.05) is 17.5 Å². The molecule has 3 aromatic rings. The first-order valence-corrected chi connectivity index (χ1v) is 6.70. The summed E-state index contributed by atoms with van der Waals surface area (Å²) in [7, 11) is 0. The molecule has 1 aromatic carbocycles. The Bertz CT molecular complexity index is 719. The van der Waals surface area contributed by atoms with E-state index >= 15 is 0 Å². The molecular weight excluding hydrogens is 246 g/mol. The van der Waals surface area contributed by atoms with Crippen molar-refractivity contribution in [2.24, 2.45) is 0 Å². The van der Waals surface area contributed by atoms with Gasteiger partial charge >= 0.3 is 0 Å². The van der Waals surface area contributed by atoms with Crippen LogP contribution < -0.4 is 0 Å². The maximum atomic E-state index is 4.54. The van der Waals surface area contributed by atoms with Gasteiger partial charge in [-0.2, -0.15) is 5.10 Å². The van der Waals surface area contributed by atoms with Crippen LogP contribution in [-0.2, 0) is 0 Å². The third-order valence-electron chi connectivity index (χ3n) is 3.50. The zero-order valence-corrected chi connectivity index (χ0v) is 11.9. The third kappa shape index (κ3) is 2.23. The molecule has 0 fully saturated rings. The SMILES string of the molecule is Cc1cc(-c2ccc(-c3c(C)cccc3C)cn2)n[nH]1. The Kier molecular flexibility index (Phi) is 3.11. The largest absolute Gasteiger partial charge is 0.282 e. The normalized spacial score (nSPS) is 10.8. The Morgan fingerprint density at radius 2 is 1.65 bits per heavy atom. The van der Waals surface area contributed by atoms with Crippen molar-refractivity contribution in [1.29, 1.82) is 0 Å². The lowest BCUT2D eigenvalue weighted by Crippen LogP contribution is -1.90. The van der Waals surface area contributed by atoms with Crippen molar-refractivity contribution in [2.45, 2.75) is 20.8 Å². The predicted octanol–water partition coefficient (Wildman–Crippen LogP) is 4.06. The number of benzene rings is 1. The van der Waals surface area contributed by atoms with Crippen molar-refractivity contribution in [2.75, 3.05) is 0 Å². The zero-order valence-electron chi connectivity index (χ0n) is 11.9. The van der Waals surface area contributed by atoms with Crippen LogP contribution in [0.3, 0.4) is 0 Å². The maximum absolute atomic E-state index is 4.54. The Balaban J connectivity index is 2.01. The molecule has 0 amide bonds. The summed E-state index contributed by atoms with van der Waals surface area (Å²) in [6, 6.07) is 12.5. The minimum absolute atomic E-state index is 0.885. The topological polar surface area (TPSA) is 41.6 Å². The van der Waals surface area contributed by atoms with E-state index in [0.29, 0.717) is 0 Å². The zero-order chi connectivity index (χ0) is 14.1. The van der Waals surface area contributed by atoms with Crippen LogP contribution >= 0.6 is 0 Å². The van der Waals surface area contributed by atoms with Gasteiger partial charge in [-0.25, -0.2) is 0 Å². The molecule has 0 radical (unpaired) electrons. The number of hydrogen-bond acceptors (Lipinski definition) is 2. The summed E-state index contributed by atoms with van der Waals surface area (Å²) in [5.41, 5.74) is 7.78. The molecule has 0 saturated heterocycles. The highest BCUT2D eigenvalue weighted by atomic mass is 15.1. The number of aryl methyl sites for hydroxylation is 3. The molecule has 0 unspecified atom stereocenters. The molecule has 0 bridgehead atoms. The molecule has 0 aliphatic rings. The van der Waals surface area contributed by atoms with E-state index in [4.69, 9.17) is 0 Å². The van der Waals surface area contributed by atoms with Crippen molar-refractivity contribution < 1.29 is 0 Å². The first kappa shape index (κ1) is 12.6. The molecule has 0 aliphatic carbocycles. The number of rotatable bonds is 2. The molecule has 0 aliphatic heterocycles. The highest BCUT2D eigenvalue weighted by molar-refractivity contribution is 5.71. The molecule has 20 heavy (non-hydrogen) atoms. The van der Waals surface area contributed by atoms with Crippen LogP contribution in [0.5, 0.6) is 0 Å². The monoisotopic (exact) mass is 263 g/mol. The van der Waals surface area contributed by atoms with E-state index < -0.39 is 0 Å². The number of pyridine rings is 1. The minimum atomic E-state index is 0.885. The molecule has 3 rings (SSSR count). The van der Waals surface area contributed by atoms with Crippen molar-refractivity contribution in [3.63, 3.8) is 0 Å². The van der Waals surface area contributed by atoms with Gasteiger partial charge in [0.15, 0.2) is 0 Å². The van der Waals surface area contributed by atoms with Gasteiger partial charge in [-0.3, -0.25) is 10.1 Å². The second-order valence-corrected chi connectivity index (χ2v) is 5.14. The maximum Gasteiger partial charge on any atom is 0.111 e. The van der Waals surface area contributed by atoms with Gasteiger partial charge in [0.2, 0.25) is 0 Å². The van der Waals surface area contributed by atoms with Crippen molar-refractivity contribution in [1.82, 2.24) is 15.2 Å². The fourth-order valence-electron chi connectivity index (χ4n) is 2.51. The van der Waals surface area contributed by atoms with Gasteiger partial charge in [-0.1, -0.05) is 24.3 Å². The summed E-state index contributed by atoms with van der Waals surface area (Å²) < 4.78 is 0. The van der Waals surface area contributed by atoms with Crippen molar-refractivity contribution in [3.05, 3.63) is 59.4 Å². The molecule has 3 heteroatoms. The summed E-state index contributed by atoms with van der Waals surface area (Å²) in [5, 5.41) is 7.18. The summed E-state index contributed by atoms with van der Waals surface area (Å²) in [6.07, 6.45) is 1.93. The lowest BCUT2D eigenvalue weighted by atomic mass is 9.97. The van der Waals surface area contributed by atoms with E-state index in [1.807, 2.05) is 25.3 Å². The van der Waals surface area contributed by atoms with Gasteiger partial charge in [0.05, 0.1) is 5.69 Å². The third-order valence-corrected chi connectivity index (χ3v) is 3.50. The van der Waals surface area contributed by atoms with Crippen LogP contribution in [0.2, 0.25) is 0 Å². The average molecular weight is 263 g/mol. The second kappa shape index (κ2) is 4.93. The first-order chi connectivity index (χ1) is 9.65. The van der Waals surface area contributed by atoms with E-state index in [9.17, 15) is 0 Å². The Labute approximate surface area is 118 Å². The number of nitrogens with zero attached hydrogens (tertiary/aromatic N) is 2. The molecule has 0 atom stereocenters. The Morgan fingerprint density at radius 1 is 0.900 bits per heavy atom. The summed E-state index contributed by atoms with van der Waals surface area (Å²) in [4.78, 5) is 4.54. The Morgan fingerprint density at radius 3 is 2.20 bits per heavy atom. The number of aromatic amines is 1. The van der Waals surface area contributed by atoms with E-state index in [1.54, 1.807) is 0 Å². The van der Waals surface area contributed by atoms with Crippen molar-refractivity contribution in [3.8, 4) is 22.5 Å². The first-order valence-electron chi connectivity index (χ1n) is 6.70. The van der Waals surface area contributed by atoms with Crippen LogP contribution in [0.4, 0.5) is 0 Å². The van der Waals surface area contributed by atoms with Crippen LogP contribution in [0.15, 0.2) is 42.6 Å². The quantitative estimate of drug-likeness (QED) is 0.757. The fraction of sp³-hybridized carbons (Fsp3) is 0.176. The highest BCUT2D eigenvalue weighted by Gasteiger charge is 2.07. The van der Waals surface area contributed by atoms with Gasteiger partial charge in [0.1, 0.15) is 5.69 Å². The Hall–Kier alpha value is -2.42. The van der Waals surface area contributed by atoms with Crippen LogP contribution in [0, 0.1) is 20.8 Å². The molecule has 0 saturated carbocycles. The molecule has 3 nitrogen and oxygen atoms in total. The molecule has 2 heterocycles. The fourth-order valence-corrected chi connectivity index (χ4v) is 2.51. The number of hydrogen-bond donors (Lipinski definition) is 1. The van der Waals surface area contributed by atoms with E-state index in [2.05, 4.69) is 53.3 Å². The number of H-pyrrole nitrogens is 1. The highest BCUT2D eigenvalue weighted by Crippen LogP contribution is 2.27.